The van der Waals surface area contributed by atoms with Gasteiger partial charge in [-0.2, -0.15) is 0 Å². The zero-order valence-electron chi connectivity index (χ0n) is 14.0. The molecule has 4 nitrogen and oxygen atoms in total. The molecule has 21 heavy (non-hydrogen) atoms. The summed E-state index contributed by atoms with van der Waals surface area (Å²) in [7, 11) is 1.93. The minimum absolute atomic E-state index is 0.0881. The number of carbonyl (C=O) groups excluding carboxylic acids is 1. The Morgan fingerprint density at radius 3 is 2.48 bits per heavy atom. The Hall–Kier alpha value is -1.45. The molecule has 118 valence electrons. The van der Waals surface area contributed by atoms with Crippen LogP contribution in [0.2, 0.25) is 0 Å². The van der Waals surface area contributed by atoms with Gasteiger partial charge in [-0.3, -0.25) is 4.79 Å². The molecule has 0 spiro atoms. The van der Waals surface area contributed by atoms with E-state index < -0.39 is 0 Å². The zero-order valence-corrected chi connectivity index (χ0v) is 14.0. The van der Waals surface area contributed by atoms with Crippen LogP contribution in [0.4, 0.5) is 5.69 Å². The highest BCUT2D eigenvalue weighted by molar-refractivity contribution is 5.94. The molecule has 0 aromatic carbocycles. The van der Waals surface area contributed by atoms with Gasteiger partial charge in [0.15, 0.2) is 0 Å². The Morgan fingerprint density at radius 1 is 1.38 bits per heavy atom. The predicted molar refractivity (Wildman–Crippen MR) is 87.4 cm³/mol. The molecule has 0 atom stereocenters. The molecule has 1 heterocycles. The molecule has 0 saturated heterocycles. The monoisotopic (exact) mass is 291 g/mol. The summed E-state index contributed by atoms with van der Waals surface area (Å²) in [6.45, 7) is 8.77. The molecule has 2 rings (SSSR count). The van der Waals surface area contributed by atoms with Crippen molar-refractivity contribution in [2.45, 2.75) is 65.5 Å². The molecule has 1 aromatic rings. The van der Waals surface area contributed by atoms with Crippen molar-refractivity contribution in [3.63, 3.8) is 0 Å². The maximum Gasteiger partial charge on any atom is 0.270 e. The number of nitrogen functional groups attached to an aromatic ring is 1. The Morgan fingerprint density at radius 2 is 1.95 bits per heavy atom. The highest BCUT2D eigenvalue weighted by Gasteiger charge is 2.31. The molecule has 1 aromatic heterocycles. The molecule has 1 aliphatic carbocycles. The average molecular weight is 291 g/mol. The topological polar surface area (TPSA) is 51.3 Å². The number of nitrogens with two attached hydrogens (primary N) is 1. The van der Waals surface area contributed by atoms with Gasteiger partial charge in [0, 0.05) is 25.3 Å². The first-order valence-electron chi connectivity index (χ1n) is 7.96. The molecule has 2 N–H and O–H groups in total. The Bertz CT molecular complexity index is 506. The van der Waals surface area contributed by atoms with Gasteiger partial charge in [0.25, 0.3) is 5.91 Å². The van der Waals surface area contributed by atoms with Crippen LogP contribution >= 0.6 is 0 Å². The van der Waals surface area contributed by atoms with Crippen LogP contribution in [0.1, 0.15) is 69.9 Å². The van der Waals surface area contributed by atoms with E-state index in [9.17, 15) is 4.79 Å². The molecule has 1 amide bonds. The number of amides is 1. The van der Waals surface area contributed by atoms with E-state index in [0.717, 1.165) is 12.8 Å². The largest absolute Gasteiger partial charge is 0.397 e. The SMILES string of the molecule is CC(C)n1cc(N)cc1C(=O)N(C)C1CCC(C)(C)CC1. The highest BCUT2D eigenvalue weighted by atomic mass is 16.2. The summed E-state index contributed by atoms with van der Waals surface area (Å²) < 4.78 is 1.97. The van der Waals surface area contributed by atoms with Crippen LogP contribution in [-0.4, -0.2) is 28.5 Å². The molecule has 0 unspecified atom stereocenters. The van der Waals surface area contributed by atoms with E-state index in [0.29, 0.717) is 22.8 Å². The first-order valence-corrected chi connectivity index (χ1v) is 7.96. The third-order valence-corrected chi connectivity index (χ3v) is 4.82. The van der Waals surface area contributed by atoms with Crippen molar-refractivity contribution in [1.82, 2.24) is 9.47 Å². The summed E-state index contributed by atoms with van der Waals surface area (Å²) >= 11 is 0. The van der Waals surface area contributed by atoms with Crippen molar-refractivity contribution in [2.75, 3.05) is 12.8 Å². The van der Waals surface area contributed by atoms with Crippen LogP contribution in [0, 0.1) is 5.41 Å². The molecule has 0 radical (unpaired) electrons. The third kappa shape index (κ3) is 3.42. The van der Waals surface area contributed by atoms with Gasteiger partial charge in [0.05, 0.1) is 5.69 Å². The normalized spacial score (nSPS) is 19.0. The fraction of sp³-hybridized carbons (Fsp3) is 0.706. The quantitative estimate of drug-likeness (QED) is 0.923. The molecule has 1 saturated carbocycles. The number of hydrogen-bond donors (Lipinski definition) is 1. The van der Waals surface area contributed by atoms with Crippen LogP contribution in [0.25, 0.3) is 0 Å². The Kier molecular flexibility index (Phi) is 4.35. The van der Waals surface area contributed by atoms with Gasteiger partial charge in [0.1, 0.15) is 5.69 Å². The fourth-order valence-corrected chi connectivity index (χ4v) is 3.22. The lowest BCUT2D eigenvalue weighted by Crippen LogP contribution is -2.41. The first-order chi connectivity index (χ1) is 9.71. The fourth-order valence-electron chi connectivity index (χ4n) is 3.22. The van der Waals surface area contributed by atoms with Crippen LogP contribution in [0.5, 0.6) is 0 Å². The number of hydrogen-bond acceptors (Lipinski definition) is 2. The molecule has 1 aliphatic rings. The molecular formula is C17H29N3O. The van der Waals surface area contributed by atoms with E-state index in [1.54, 1.807) is 6.07 Å². The van der Waals surface area contributed by atoms with Crippen molar-refractivity contribution in [1.29, 1.82) is 0 Å². The second-order valence-electron chi connectivity index (χ2n) is 7.47. The summed E-state index contributed by atoms with van der Waals surface area (Å²) in [6, 6.07) is 2.38. The van der Waals surface area contributed by atoms with Crippen molar-refractivity contribution >= 4 is 11.6 Å². The number of nitrogens with zero attached hydrogens (tertiary/aromatic N) is 2. The van der Waals surface area contributed by atoms with E-state index in [2.05, 4.69) is 27.7 Å². The van der Waals surface area contributed by atoms with E-state index in [1.165, 1.54) is 12.8 Å². The van der Waals surface area contributed by atoms with E-state index in [4.69, 9.17) is 5.73 Å². The van der Waals surface area contributed by atoms with Gasteiger partial charge in [-0.15, -0.1) is 0 Å². The summed E-state index contributed by atoms with van der Waals surface area (Å²) in [5, 5.41) is 0. The molecule has 4 heteroatoms. The highest BCUT2D eigenvalue weighted by Crippen LogP contribution is 2.37. The number of aromatic nitrogens is 1. The summed E-state index contributed by atoms with van der Waals surface area (Å²) in [5.74, 6) is 0.0881. The first kappa shape index (κ1) is 15.9. The number of anilines is 1. The summed E-state index contributed by atoms with van der Waals surface area (Å²) in [5.41, 5.74) is 7.66. The maximum atomic E-state index is 12.8. The van der Waals surface area contributed by atoms with E-state index >= 15 is 0 Å². The minimum atomic E-state index is 0.0881. The van der Waals surface area contributed by atoms with Crippen molar-refractivity contribution in [3.05, 3.63) is 18.0 Å². The Labute approximate surface area is 128 Å². The van der Waals surface area contributed by atoms with Crippen LogP contribution in [0.3, 0.4) is 0 Å². The van der Waals surface area contributed by atoms with Crippen LogP contribution in [-0.2, 0) is 0 Å². The van der Waals surface area contributed by atoms with Gasteiger partial charge in [-0.25, -0.2) is 0 Å². The molecule has 1 fully saturated rings. The van der Waals surface area contributed by atoms with Crippen molar-refractivity contribution < 1.29 is 4.79 Å². The zero-order chi connectivity index (χ0) is 15.8. The Balaban J connectivity index is 2.13. The molecule has 0 bridgehead atoms. The van der Waals surface area contributed by atoms with Gasteiger partial charge in [-0.05, 0) is 51.0 Å². The molecular weight excluding hydrogens is 262 g/mol. The number of rotatable bonds is 3. The van der Waals surface area contributed by atoms with Gasteiger partial charge >= 0.3 is 0 Å². The standard InChI is InChI=1S/C17H29N3O/c1-12(2)20-11-13(18)10-15(20)16(21)19(5)14-6-8-17(3,4)9-7-14/h10-12,14H,6-9,18H2,1-5H3. The minimum Gasteiger partial charge on any atom is -0.397 e. The lowest BCUT2D eigenvalue weighted by Gasteiger charge is -2.38. The lowest BCUT2D eigenvalue weighted by molar-refractivity contribution is 0.0623. The summed E-state index contributed by atoms with van der Waals surface area (Å²) in [6.07, 6.45) is 6.40. The molecule has 0 aliphatic heterocycles. The number of carbonyl (C=O) groups is 1. The lowest BCUT2D eigenvalue weighted by atomic mass is 9.75. The predicted octanol–water partition coefficient (Wildman–Crippen LogP) is 3.69. The third-order valence-electron chi connectivity index (χ3n) is 4.82. The van der Waals surface area contributed by atoms with Crippen molar-refractivity contribution in [3.8, 4) is 0 Å². The second-order valence-corrected chi connectivity index (χ2v) is 7.47. The second kappa shape index (κ2) is 5.74. The van der Waals surface area contributed by atoms with Gasteiger partial charge in [-0.1, -0.05) is 13.8 Å². The smallest absolute Gasteiger partial charge is 0.270 e. The van der Waals surface area contributed by atoms with Crippen LogP contribution in [0.15, 0.2) is 12.3 Å². The average Bonchev–Trinajstić information content (AvgIpc) is 2.79. The van der Waals surface area contributed by atoms with E-state index in [1.807, 2.05) is 22.7 Å². The van der Waals surface area contributed by atoms with Crippen molar-refractivity contribution in [2.24, 2.45) is 5.41 Å². The van der Waals surface area contributed by atoms with E-state index in [-0.39, 0.29) is 11.9 Å². The van der Waals surface area contributed by atoms with Gasteiger partial charge < -0.3 is 15.2 Å². The summed E-state index contributed by atoms with van der Waals surface area (Å²) in [4.78, 5) is 14.7. The van der Waals surface area contributed by atoms with Crippen LogP contribution < -0.4 is 5.73 Å². The maximum absolute atomic E-state index is 12.8. The van der Waals surface area contributed by atoms with Gasteiger partial charge in [0.2, 0.25) is 0 Å².